The Kier molecular flexibility index (Phi) is 11.0. The van der Waals surface area contributed by atoms with Crippen LogP contribution in [0.4, 0.5) is 8.78 Å². The molecule has 3 aromatic carbocycles. The number of hydrogen-bond acceptors (Lipinski definition) is 3. The predicted molar refractivity (Wildman–Crippen MR) is 141 cm³/mol. The standard InChI is InChI=1S/C29H32F2N2O2S/c1-2-3-17-32-29(35)27(18-22-9-5-4-6-10-22)33(19-24-11-7-8-12-26(24)31)28(34)21-36-20-23-13-15-25(30)16-14-23/h4-16,27H,2-3,17-21H2,1H3,(H,32,35)/t27-/m0/s1. The van der Waals surface area contributed by atoms with E-state index in [0.717, 1.165) is 24.0 Å². The van der Waals surface area contributed by atoms with Crippen molar-refractivity contribution in [3.63, 3.8) is 0 Å². The fourth-order valence-corrected chi connectivity index (χ4v) is 4.66. The molecular formula is C29H32F2N2O2S. The van der Waals surface area contributed by atoms with E-state index in [1.54, 1.807) is 30.3 Å². The molecule has 0 aliphatic carbocycles. The van der Waals surface area contributed by atoms with Crippen LogP contribution in [-0.4, -0.2) is 35.1 Å². The van der Waals surface area contributed by atoms with E-state index in [2.05, 4.69) is 5.32 Å². The molecule has 3 rings (SSSR count). The zero-order chi connectivity index (χ0) is 25.8. The maximum absolute atomic E-state index is 14.6. The van der Waals surface area contributed by atoms with E-state index in [1.807, 2.05) is 37.3 Å². The summed E-state index contributed by atoms with van der Waals surface area (Å²) in [7, 11) is 0. The fourth-order valence-electron chi connectivity index (χ4n) is 3.79. The number of nitrogens with one attached hydrogen (secondary N) is 1. The number of carbonyl (C=O) groups excluding carboxylic acids is 2. The number of hydrogen-bond donors (Lipinski definition) is 1. The molecule has 4 nitrogen and oxygen atoms in total. The van der Waals surface area contributed by atoms with Gasteiger partial charge in [-0.2, -0.15) is 0 Å². The van der Waals surface area contributed by atoms with E-state index in [4.69, 9.17) is 0 Å². The summed E-state index contributed by atoms with van der Waals surface area (Å²) < 4.78 is 27.8. The van der Waals surface area contributed by atoms with Gasteiger partial charge in [0.1, 0.15) is 17.7 Å². The molecule has 0 fully saturated rings. The van der Waals surface area contributed by atoms with Crippen molar-refractivity contribution in [2.24, 2.45) is 0 Å². The summed E-state index contributed by atoms with van der Waals surface area (Å²) in [5, 5.41) is 2.96. The van der Waals surface area contributed by atoms with E-state index in [1.165, 1.54) is 34.9 Å². The van der Waals surface area contributed by atoms with Crippen molar-refractivity contribution in [2.75, 3.05) is 12.3 Å². The second-order valence-corrected chi connectivity index (χ2v) is 9.57. The highest BCUT2D eigenvalue weighted by molar-refractivity contribution is 7.99. The van der Waals surface area contributed by atoms with Crippen molar-refractivity contribution >= 4 is 23.6 Å². The molecule has 0 bridgehead atoms. The van der Waals surface area contributed by atoms with Crippen molar-refractivity contribution in [2.45, 2.75) is 44.5 Å². The minimum absolute atomic E-state index is 0.0126. The largest absolute Gasteiger partial charge is 0.354 e. The van der Waals surface area contributed by atoms with Gasteiger partial charge in [-0.15, -0.1) is 11.8 Å². The SMILES string of the molecule is CCCCNC(=O)[C@H](Cc1ccccc1)N(Cc1ccccc1F)C(=O)CSCc1ccc(F)cc1. The second-order valence-electron chi connectivity index (χ2n) is 8.58. The Balaban J connectivity index is 1.83. The Bertz CT molecular complexity index is 1110. The van der Waals surface area contributed by atoms with Crippen molar-refractivity contribution in [1.82, 2.24) is 10.2 Å². The first kappa shape index (κ1) is 27.4. The van der Waals surface area contributed by atoms with Crippen molar-refractivity contribution in [1.29, 1.82) is 0 Å². The van der Waals surface area contributed by atoms with Crippen LogP contribution in [0, 0.1) is 11.6 Å². The monoisotopic (exact) mass is 510 g/mol. The molecule has 0 aliphatic rings. The Morgan fingerprint density at radius 2 is 1.61 bits per heavy atom. The molecule has 0 unspecified atom stereocenters. The average Bonchev–Trinajstić information content (AvgIpc) is 2.89. The predicted octanol–water partition coefficient (Wildman–Crippen LogP) is 5.75. The Labute approximate surface area is 216 Å². The number of benzene rings is 3. The van der Waals surface area contributed by atoms with Gasteiger partial charge in [-0.3, -0.25) is 9.59 Å². The molecular weight excluding hydrogens is 478 g/mol. The molecule has 0 aliphatic heterocycles. The Morgan fingerprint density at radius 1 is 0.917 bits per heavy atom. The van der Waals surface area contributed by atoms with Gasteiger partial charge in [-0.1, -0.05) is 74.0 Å². The lowest BCUT2D eigenvalue weighted by molar-refractivity contribution is -0.139. The molecule has 0 saturated carbocycles. The highest BCUT2D eigenvalue weighted by atomic mass is 32.2. The minimum Gasteiger partial charge on any atom is -0.354 e. The summed E-state index contributed by atoms with van der Waals surface area (Å²) in [5.74, 6) is -0.601. The van der Waals surface area contributed by atoms with Gasteiger partial charge in [0.25, 0.3) is 0 Å². The lowest BCUT2D eigenvalue weighted by Gasteiger charge is -2.31. The number of unbranched alkanes of at least 4 members (excludes halogenated alkanes) is 1. The quantitative estimate of drug-likeness (QED) is 0.298. The van der Waals surface area contributed by atoms with E-state index >= 15 is 0 Å². The maximum Gasteiger partial charge on any atom is 0.243 e. The van der Waals surface area contributed by atoms with Crippen LogP contribution in [0.2, 0.25) is 0 Å². The van der Waals surface area contributed by atoms with Gasteiger partial charge in [0.15, 0.2) is 0 Å². The highest BCUT2D eigenvalue weighted by Gasteiger charge is 2.30. The third-order valence-corrected chi connectivity index (χ3v) is 6.80. The summed E-state index contributed by atoms with van der Waals surface area (Å²) in [6.45, 7) is 2.54. The number of halogens is 2. The van der Waals surface area contributed by atoms with Crippen LogP contribution >= 0.6 is 11.8 Å². The molecule has 0 radical (unpaired) electrons. The molecule has 0 spiro atoms. The van der Waals surface area contributed by atoms with E-state index < -0.39 is 11.9 Å². The van der Waals surface area contributed by atoms with Crippen molar-refractivity contribution < 1.29 is 18.4 Å². The van der Waals surface area contributed by atoms with Crippen LogP contribution in [0.25, 0.3) is 0 Å². The molecule has 36 heavy (non-hydrogen) atoms. The van der Waals surface area contributed by atoms with Crippen molar-refractivity contribution in [3.05, 3.63) is 107 Å². The molecule has 190 valence electrons. The lowest BCUT2D eigenvalue weighted by Crippen LogP contribution is -2.51. The first-order chi connectivity index (χ1) is 17.5. The van der Waals surface area contributed by atoms with Crippen LogP contribution in [-0.2, 0) is 28.3 Å². The third-order valence-electron chi connectivity index (χ3n) is 5.81. The van der Waals surface area contributed by atoms with Crippen LogP contribution in [0.1, 0.15) is 36.5 Å². The average molecular weight is 511 g/mol. The van der Waals surface area contributed by atoms with Gasteiger partial charge in [0, 0.05) is 30.8 Å². The zero-order valence-corrected chi connectivity index (χ0v) is 21.3. The van der Waals surface area contributed by atoms with Crippen LogP contribution in [0.5, 0.6) is 0 Å². The first-order valence-electron chi connectivity index (χ1n) is 12.1. The van der Waals surface area contributed by atoms with Gasteiger partial charge in [0.2, 0.25) is 11.8 Å². The van der Waals surface area contributed by atoms with Crippen LogP contribution in [0.15, 0.2) is 78.9 Å². The molecule has 0 aromatic heterocycles. The molecule has 7 heteroatoms. The van der Waals surface area contributed by atoms with Gasteiger partial charge in [0.05, 0.1) is 5.75 Å². The summed E-state index contributed by atoms with van der Waals surface area (Å²) in [5.41, 5.74) is 2.17. The zero-order valence-electron chi connectivity index (χ0n) is 20.5. The first-order valence-corrected chi connectivity index (χ1v) is 13.3. The van der Waals surface area contributed by atoms with Gasteiger partial charge < -0.3 is 10.2 Å². The van der Waals surface area contributed by atoms with E-state index in [9.17, 15) is 18.4 Å². The van der Waals surface area contributed by atoms with Gasteiger partial charge >= 0.3 is 0 Å². The molecule has 3 aromatic rings. The summed E-state index contributed by atoms with van der Waals surface area (Å²) in [6, 6.07) is 21.2. The van der Waals surface area contributed by atoms with E-state index in [0.29, 0.717) is 24.3 Å². The van der Waals surface area contributed by atoms with Gasteiger partial charge in [-0.25, -0.2) is 8.78 Å². The van der Waals surface area contributed by atoms with Gasteiger partial charge in [-0.05, 0) is 35.7 Å². The summed E-state index contributed by atoms with van der Waals surface area (Å²) in [4.78, 5) is 28.3. The number of nitrogens with zero attached hydrogens (tertiary/aromatic N) is 1. The molecule has 0 saturated heterocycles. The van der Waals surface area contributed by atoms with Crippen LogP contribution < -0.4 is 5.32 Å². The molecule has 1 atom stereocenters. The third kappa shape index (κ3) is 8.48. The normalized spacial score (nSPS) is 11.6. The fraction of sp³-hybridized carbons (Fsp3) is 0.310. The number of carbonyl (C=O) groups is 2. The smallest absolute Gasteiger partial charge is 0.243 e. The lowest BCUT2D eigenvalue weighted by atomic mass is 10.0. The number of rotatable bonds is 13. The van der Waals surface area contributed by atoms with Crippen LogP contribution in [0.3, 0.4) is 0 Å². The number of amides is 2. The molecule has 2 amide bonds. The Morgan fingerprint density at radius 3 is 2.31 bits per heavy atom. The minimum atomic E-state index is -0.789. The highest BCUT2D eigenvalue weighted by Crippen LogP contribution is 2.20. The summed E-state index contributed by atoms with van der Waals surface area (Å²) >= 11 is 1.38. The Hall–Kier alpha value is -3.19. The second kappa shape index (κ2) is 14.4. The number of thioether (sulfide) groups is 1. The summed E-state index contributed by atoms with van der Waals surface area (Å²) in [6.07, 6.45) is 2.09. The topological polar surface area (TPSA) is 49.4 Å². The molecule has 1 N–H and O–H groups in total. The molecule has 0 heterocycles. The van der Waals surface area contributed by atoms with Crippen molar-refractivity contribution in [3.8, 4) is 0 Å². The van der Waals surface area contributed by atoms with E-state index in [-0.39, 0.29) is 29.9 Å². The maximum atomic E-state index is 14.6.